The van der Waals surface area contributed by atoms with Gasteiger partial charge in [-0.15, -0.1) is 0 Å². The van der Waals surface area contributed by atoms with E-state index < -0.39 is 0 Å². The Hall–Kier alpha value is -3.06. The number of rotatable bonds is 4. The van der Waals surface area contributed by atoms with Crippen molar-refractivity contribution in [2.45, 2.75) is 12.6 Å². The zero-order valence-corrected chi connectivity index (χ0v) is 16.9. The van der Waals surface area contributed by atoms with Crippen LogP contribution in [0.4, 0.5) is 4.39 Å². The third kappa shape index (κ3) is 3.39. The van der Waals surface area contributed by atoms with Gasteiger partial charge in [0.15, 0.2) is 0 Å². The molecule has 3 atom stereocenters. The number of hydrogen-bond donors (Lipinski definition) is 0. The van der Waals surface area contributed by atoms with E-state index in [2.05, 4.69) is 14.9 Å². The number of imidazole rings is 1. The van der Waals surface area contributed by atoms with E-state index in [4.69, 9.17) is 0 Å². The van der Waals surface area contributed by atoms with Crippen molar-refractivity contribution in [3.63, 3.8) is 0 Å². The fourth-order valence-electron chi connectivity index (χ4n) is 5.02. The molecule has 0 spiro atoms. The molecule has 30 heavy (non-hydrogen) atoms. The third-order valence-electron chi connectivity index (χ3n) is 6.42. The first kappa shape index (κ1) is 18.9. The molecule has 7 heteroatoms. The predicted octanol–water partition coefficient (Wildman–Crippen LogP) is 2.90. The molecule has 1 aromatic carbocycles. The molecule has 4 heterocycles. The molecular weight excluding hydrogens is 381 g/mol. The Balaban J connectivity index is 1.43. The molecule has 2 aliphatic heterocycles. The molecule has 0 unspecified atom stereocenters. The standard InChI is InChI=1S/C23H24FN5O/c1-27-15-26-10-20(27)13-28-11-18-12-29(23(30)16-5-7-25-8-6-16)22(21(18)14-28)17-3-2-4-19(24)9-17/h2-10,15,18,21-22H,11-14H2,1H3/t18-,21-,22+/m0/s1. The number of nitrogens with zero attached hydrogens (tertiary/aromatic N) is 5. The summed E-state index contributed by atoms with van der Waals surface area (Å²) in [6, 6.07) is 10.0. The molecule has 2 aromatic heterocycles. The van der Waals surface area contributed by atoms with Crippen LogP contribution < -0.4 is 0 Å². The second kappa shape index (κ2) is 7.65. The van der Waals surface area contributed by atoms with Crippen molar-refractivity contribution in [3.8, 4) is 0 Å². The predicted molar refractivity (Wildman–Crippen MR) is 110 cm³/mol. The van der Waals surface area contributed by atoms with Crippen molar-refractivity contribution in [1.29, 1.82) is 0 Å². The Bertz CT molecular complexity index is 1050. The average molecular weight is 405 g/mol. The van der Waals surface area contributed by atoms with Gasteiger partial charge in [0.05, 0.1) is 18.1 Å². The van der Waals surface area contributed by atoms with Gasteiger partial charge in [-0.2, -0.15) is 0 Å². The largest absolute Gasteiger partial charge is 0.337 e. The molecule has 2 aliphatic rings. The van der Waals surface area contributed by atoms with Gasteiger partial charge in [0, 0.05) is 63.3 Å². The Morgan fingerprint density at radius 3 is 2.70 bits per heavy atom. The number of halogens is 1. The van der Waals surface area contributed by atoms with Gasteiger partial charge in [-0.3, -0.25) is 14.7 Å². The zero-order chi connectivity index (χ0) is 20.7. The molecule has 5 rings (SSSR count). The summed E-state index contributed by atoms with van der Waals surface area (Å²) < 4.78 is 16.1. The average Bonchev–Trinajstić information content (AvgIpc) is 3.43. The van der Waals surface area contributed by atoms with Crippen LogP contribution in [0.25, 0.3) is 0 Å². The number of aromatic nitrogens is 3. The maximum atomic E-state index is 14.1. The highest BCUT2D eigenvalue weighted by Crippen LogP contribution is 2.45. The first-order valence-electron chi connectivity index (χ1n) is 10.2. The minimum absolute atomic E-state index is 0.0146. The number of amides is 1. The Morgan fingerprint density at radius 1 is 1.13 bits per heavy atom. The lowest BCUT2D eigenvalue weighted by Gasteiger charge is -2.30. The minimum atomic E-state index is -0.267. The Kier molecular flexibility index (Phi) is 4.83. The summed E-state index contributed by atoms with van der Waals surface area (Å²) in [6.45, 7) is 3.30. The maximum Gasteiger partial charge on any atom is 0.254 e. The Labute approximate surface area is 175 Å². The molecule has 0 radical (unpaired) electrons. The quantitative estimate of drug-likeness (QED) is 0.670. The number of carbonyl (C=O) groups excluding carboxylic acids is 1. The molecule has 3 aromatic rings. The molecule has 1 amide bonds. The van der Waals surface area contributed by atoms with Gasteiger partial charge in [-0.05, 0) is 35.7 Å². The lowest BCUT2D eigenvalue weighted by molar-refractivity contribution is 0.0699. The molecule has 6 nitrogen and oxygen atoms in total. The number of likely N-dealkylation sites (tertiary alicyclic amines) is 2. The zero-order valence-electron chi connectivity index (χ0n) is 16.9. The van der Waals surface area contributed by atoms with Crippen LogP contribution in [0.1, 0.15) is 27.7 Å². The lowest BCUT2D eigenvalue weighted by atomic mass is 9.89. The topological polar surface area (TPSA) is 54.3 Å². The van der Waals surface area contributed by atoms with E-state index >= 15 is 0 Å². The molecule has 2 saturated heterocycles. The lowest BCUT2D eigenvalue weighted by Crippen LogP contribution is -2.35. The fraction of sp³-hybridized carbons (Fsp3) is 0.348. The molecule has 154 valence electrons. The van der Waals surface area contributed by atoms with Gasteiger partial charge in [0.1, 0.15) is 5.82 Å². The van der Waals surface area contributed by atoms with Gasteiger partial charge < -0.3 is 9.47 Å². The number of fused-ring (bicyclic) bond motifs is 1. The summed E-state index contributed by atoms with van der Waals surface area (Å²) in [5, 5.41) is 0. The van der Waals surface area contributed by atoms with Crippen molar-refractivity contribution >= 4 is 5.91 Å². The van der Waals surface area contributed by atoms with Gasteiger partial charge >= 0.3 is 0 Å². The monoisotopic (exact) mass is 405 g/mol. The van der Waals surface area contributed by atoms with E-state index in [0.29, 0.717) is 18.0 Å². The first-order valence-corrected chi connectivity index (χ1v) is 10.2. The van der Waals surface area contributed by atoms with Crippen molar-refractivity contribution in [3.05, 3.63) is 84.0 Å². The maximum absolute atomic E-state index is 14.1. The van der Waals surface area contributed by atoms with E-state index in [-0.39, 0.29) is 23.7 Å². The summed E-state index contributed by atoms with van der Waals surface area (Å²) in [4.78, 5) is 25.9. The third-order valence-corrected chi connectivity index (χ3v) is 6.42. The number of pyridine rings is 1. The number of carbonyl (C=O) groups is 1. The van der Waals surface area contributed by atoms with E-state index in [9.17, 15) is 9.18 Å². The summed E-state index contributed by atoms with van der Waals surface area (Å²) in [5.74, 6) is 0.347. The van der Waals surface area contributed by atoms with Crippen LogP contribution in [0.2, 0.25) is 0 Å². The van der Waals surface area contributed by atoms with Crippen LogP contribution in [0.5, 0.6) is 0 Å². The minimum Gasteiger partial charge on any atom is -0.337 e. The smallest absolute Gasteiger partial charge is 0.254 e. The summed E-state index contributed by atoms with van der Waals surface area (Å²) in [7, 11) is 2.00. The molecule has 0 N–H and O–H groups in total. The second-order valence-electron chi connectivity index (χ2n) is 8.31. The van der Waals surface area contributed by atoms with Gasteiger partial charge in [0.25, 0.3) is 5.91 Å². The van der Waals surface area contributed by atoms with Crippen LogP contribution in [-0.4, -0.2) is 49.9 Å². The molecule has 0 saturated carbocycles. The van der Waals surface area contributed by atoms with E-state index in [1.165, 1.54) is 11.8 Å². The van der Waals surface area contributed by atoms with Crippen molar-refractivity contribution in [2.75, 3.05) is 19.6 Å². The first-order chi connectivity index (χ1) is 14.6. The Morgan fingerprint density at radius 2 is 1.97 bits per heavy atom. The van der Waals surface area contributed by atoms with Crippen LogP contribution in [-0.2, 0) is 13.6 Å². The van der Waals surface area contributed by atoms with E-state index in [0.717, 1.165) is 25.2 Å². The van der Waals surface area contributed by atoms with Crippen LogP contribution in [0.15, 0.2) is 61.3 Å². The number of aryl methyl sites for hydroxylation is 1. The van der Waals surface area contributed by atoms with Crippen molar-refractivity contribution in [2.24, 2.45) is 18.9 Å². The van der Waals surface area contributed by atoms with Gasteiger partial charge in [-0.1, -0.05) is 12.1 Å². The SMILES string of the molecule is Cn1cncc1CN1C[C@H]2CN(C(=O)c3ccncc3)[C@H](c3cccc(F)c3)[C@H]2C1. The number of hydrogen-bond acceptors (Lipinski definition) is 4. The molecule has 2 fully saturated rings. The van der Waals surface area contributed by atoms with Crippen LogP contribution in [0.3, 0.4) is 0 Å². The van der Waals surface area contributed by atoms with E-state index in [1.54, 1.807) is 36.7 Å². The molecular formula is C23H24FN5O. The second-order valence-corrected chi connectivity index (χ2v) is 8.31. The molecule has 0 aliphatic carbocycles. The summed E-state index contributed by atoms with van der Waals surface area (Å²) >= 11 is 0. The van der Waals surface area contributed by atoms with Crippen LogP contribution >= 0.6 is 0 Å². The number of benzene rings is 1. The van der Waals surface area contributed by atoms with Crippen molar-refractivity contribution in [1.82, 2.24) is 24.3 Å². The van der Waals surface area contributed by atoms with Crippen LogP contribution in [0, 0.1) is 17.7 Å². The van der Waals surface area contributed by atoms with E-state index in [1.807, 2.05) is 35.1 Å². The molecule has 0 bridgehead atoms. The highest BCUT2D eigenvalue weighted by atomic mass is 19.1. The highest BCUT2D eigenvalue weighted by Gasteiger charge is 2.49. The highest BCUT2D eigenvalue weighted by molar-refractivity contribution is 5.94. The van der Waals surface area contributed by atoms with Crippen molar-refractivity contribution < 1.29 is 9.18 Å². The normalized spacial score (nSPS) is 23.7. The van der Waals surface area contributed by atoms with Gasteiger partial charge in [-0.25, -0.2) is 9.37 Å². The van der Waals surface area contributed by atoms with Gasteiger partial charge in [0.2, 0.25) is 0 Å². The fourth-order valence-corrected chi connectivity index (χ4v) is 5.02. The summed E-state index contributed by atoms with van der Waals surface area (Å²) in [6.07, 6.45) is 6.99. The summed E-state index contributed by atoms with van der Waals surface area (Å²) in [5.41, 5.74) is 2.66.